The van der Waals surface area contributed by atoms with E-state index >= 15 is 0 Å². The summed E-state index contributed by atoms with van der Waals surface area (Å²) in [5.41, 5.74) is 1.08. The Hall–Kier alpha value is -0.460. The zero-order valence-electron chi connectivity index (χ0n) is 8.48. The second-order valence-electron chi connectivity index (χ2n) is 3.19. The molecule has 6 heteroatoms. The van der Waals surface area contributed by atoms with Gasteiger partial charge in [-0.2, -0.15) is 0 Å². The maximum atomic E-state index is 5.42. The fourth-order valence-electron chi connectivity index (χ4n) is 1.15. The lowest BCUT2D eigenvalue weighted by molar-refractivity contribution is 0.502. The predicted octanol–water partition coefficient (Wildman–Crippen LogP) is 4.54. The minimum Gasteiger partial charge on any atom is -0.418 e. The first-order valence-corrected chi connectivity index (χ1v) is 7.07. The Kier molecular flexibility index (Phi) is 4.17. The van der Waals surface area contributed by atoms with Crippen LogP contribution in [0, 0.1) is 0 Å². The van der Waals surface area contributed by atoms with Crippen molar-refractivity contribution in [3.05, 3.63) is 47.7 Å². The van der Waals surface area contributed by atoms with Crippen molar-refractivity contribution >= 4 is 59.9 Å². The van der Waals surface area contributed by atoms with Crippen LogP contribution >= 0.6 is 47.8 Å². The van der Waals surface area contributed by atoms with E-state index in [2.05, 4.69) is 58.0 Å². The van der Waals surface area contributed by atoms with Crippen LogP contribution in [0.3, 0.4) is 0 Å². The van der Waals surface area contributed by atoms with Gasteiger partial charge in [0.25, 0.3) is 5.89 Å². The lowest BCUT2D eigenvalue weighted by Gasteiger charge is -2.03. The molecule has 1 aromatic heterocycles. The molecular formula is C11H7Br3N2O. The Morgan fingerprint density at radius 3 is 2.29 bits per heavy atom. The molecule has 0 amide bonds. The summed E-state index contributed by atoms with van der Waals surface area (Å²) in [6.45, 7) is 0. The SMILES string of the molecule is BrC(Br)(Br)c1nnc(/C=C/c2ccccc2)o1. The highest BCUT2D eigenvalue weighted by atomic mass is 80.0. The molecule has 0 radical (unpaired) electrons. The second-order valence-corrected chi connectivity index (χ2v) is 9.95. The number of hydrogen-bond donors (Lipinski definition) is 0. The Morgan fingerprint density at radius 1 is 1.00 bits per heavy atom. The largest absolute Gasteiger partial charge is 0.418 e. The average Bonchev–Trinajstić information content (AvgIpc) is 2.76. The molecule has 0 atom stereocenters. The molecule has 0 saturated heterocycles. The van der Waals surface area contributed by atoms with Crippen LogP contribution in [0.2, 0.25) is 0 Å². The summed E-state index contributed by atoms with van der Waals surface area (Å²) in [5.74, 6) is 0.858. The van der Waals surface area contributed by atoms with Crippen LogP contribution in [-0.4, -0.2) is 10.2 Å². The van der Waals surface area contributed by atoms with Crippen molar-refractivity contribution in [3.63, 3.8) is 0 Å². The number of aromatic nitrogens is 2. The Bertz CT molecular complexity index is 517. The third kappa shape index (κ3) is 3.76. The van der Waals surface area contributed by atoms with Crippen LogP contribution in [-0.2, 0) is 2.14 Å². The molecule has 2 rings (SSSR count). The highest BCUT2D eigenvalue weighted by Crippen LogP contribution is 2.43. The summed E-state index contributed by atoms with van der Waals surface area (Å²) in [6.07, 6.45) is 3.68. The molecule has 0 N–H and O–H groups in total. The number of halogens is 3. The van der Waals surface area contributed by atoms with Crippen LogP contribution in [0.4, 0.5) is 0 Å². The molecule has 0 spiro atoms. The van der Waals surface area contributed by atoms with Gasteiger partial charge in [-0.15, -0.1) is 10.2 Å². The molecule has 0 aliphatic heterocycles. The minimum atomic E-state index is -0.668. The number of benzene rings is 1. The predicted molar refractivity (Wildman–Crippen MR) is 78.1 cm³/mol. The molecule has 0 aliphatic carbocycles. The van der Waals surface area contributed by atoms with Crippen LogP contribution in [0.1, 0.15) is 17.3 Å². The van der Waals surface area contributed by atoms with E-state index in [9.17, 15) is 0 Å². The Labute approximate surface area is 124 Å². The first-order chi connectivity index (χ1) is 8.05. The number of alkyl halides is 3. The van der Waals surface area contributed by atoms with Crippen molar-refractivity contribution in [2.24, 2.45) is 0 Å². The quantitative estimate of drug-likeness (QED) is 0.667. The van der Waals surface area contributed by atoms with Gasteiger partial charge in [-0.1, -0.05) is 30.3 Å². The van der Waals surface area contributed by atoms with E-state index in [-0.39, 0.29) is 0 Å². The van der Waals surface area contributed by atoms with E-state index in [1.54, 1.807) is 6.08 Å². The second kappa shape index (κ2) is 5.46. The van der Waals surface area contributed by atoms with Crippen molar-refractivity contribution < 1.29 is 4.42 Å². The van der Waals surface area contributed by atoms with Crippen molar-refractivity contribution in [1.82, 2.24) is 10.2 Å². The molecule has 0 bridgehead atoms. The minimum absolute atomic E-state index is 0.408. The van der Waals surface area contributed by atoms with E-state index in [0.717, 1.165) is 5.56 Å². The Morgan fingerprint density at radius 2 is 1.71 bits per heavy atom. The van der Waals surface area contributed by atoms with Crippen LogP contribution in [0.15, 0.2) is 34.7 Å². The zero-order chi connectivity index (χ0) is 12.3. The molecule has 0 saturated carbocycles. The van der Waals surface area contributed by atoms with Gasteiger partial charge in [-0.25, -0.2) is 0 Å². The summed E-state index contributed by atoms with van der Waals surface area (Å²) in [7, 11) is 0. The van der Waals surface area contributed by atoms with Crippen LogP contribution in [0.25, 0.3) is 12.2 Å². The molecule has 0 fully saturated rings. The van der Waals surface area contributed by atoms with E-state index in [1.807, 2.05) is 36.4 Å². The van der Waals surface area contributed by atoms with E-state index < -0.39 is 2.14 Å². The monoisotopic (exact) mass is 420 g/mol. The highest BCUT2D eigenvalue weighted by molar-refractivity contribution is 9.38. The molecule has 1 heterocycles. The third-order valence-corrected chi connectivity index (χ3v) is 2.92. The first-order valence-electron chi connectivity index (χ1n) is 4.69. The molecule has 0 unspecified atom stereocenters. The van der Waals surface area contributed by atoms with Crippen LogP contribution < -0.4 is 0 Å². The Balaban J connectivity index is 2.15. The standard InChI is InChI=1S/C11H7Br3N2O/c12-11(13,14)10-16-15-9(17-10)7-6-8-4-2-1-3-5-8/h1-7H/b7-6+. The molecule has 3 nitrogen and oxygen atoms in total. The molecule has 1 aromatic carbocycles. The normalized spacial score (nSPS) is 12.2. The van der Waals surface area contributed by atoms with Gasteiger partial charge in [-0.05, 0) is 59.4 Å². The summed E-state index contributed by atoms with van der Waals surface area (Å²) >= 11 is 9.93. The summed E-state index contributed by atoms with van der Waals surface area (Å²) in [5, 5.41) is 7.80. The first kappa shape index (κ1) is 13.0. The van der Waals surface area contributed by atoms with Gasteiger partial charge in [0, 0.05) is 6.08 Å². The third-order valence-electron chi connectivity index (χ3n) is 1.90. The van der Waals surface area contributed by atoms with E-state index in [4.69, 9.17) is 4.42 Å². The zero-order valence-corrected chi connectivity index (χ0v) is 13.2. The van der Waals surface area contributed by atoms with Gasteiger partial charge in [0.05, 0.1) is 0 Å². The average molecular weight is 423 g/mol. The summed E-state index contributed by atoms with van der Waals surface area (Å²) in [6, 6.07) is 9.91. The maximum Gasteiger partial charge on any atom is 0.255 e. The number of hydrogen-bond acceptors (Lipinski definition) is 3. The van der Waals surface area contributed by atoms with Crippen molar-refractivity contribution in [3.8, 4) is 0 Å². The van der Waals surface area contributed by atoms with Crippen molar-refractivity contribution in [2.45, 2.75) is 2.14 Å². The summed E-state index contributed by atoms with van der Waals surface area (Å²) < 4.78 is 4.75. The molecular weight excluding hydrogens is 416 g/mol. The lowest BCUT2D eigenvalue weighted by atomic mass is 10.2. The van der Waals surface area contributed by atoms with Gasteiger partial charge >= 0.3 is 0 Å². The molecule has 0 aliphatic rings. The number of rotatable bonds is 2. The van der Waals surface area contributed by atoms with Gasteiger partial charge in [0.1, 0.15) is 0 Å². The van der Waals surface area contributed by atoms with E-state index in [1.165, 1.54) is 0 Å². The van der Waals surface area contributed by atoms with Crippen molar-refractivity contribution in [1.29, 1.82) is 0 Å². The van der Waals surface area contributed by atoms with Gasteiger partial charge in [0.15, 0.2) is 0 Å². The highest BCUT2D eigenvalue weighted by Gasteiger charge is 2.27. The molecule has 2 aromatic rings. The molecule has 17 heavy (non-hydrogen) atoms. The lowest BCUT2D eigenvalue weighted by Crippen LogP contribution is -1.97. The summed E-state index contributed by atoms with van der Waals surface area (Å²) in [4.78, 5) is 0. The van der Waals surface area contributed by atoms with Gasteiger partial charge < -0.3 is 4.42 Å². The molecule has 88 valence electrons. The van der Waals surface area contributed by atoms with Gasteiger partial charge in [0.2, 0.25) is 8.03 Å². The smallest absolute Gasteiger partial charge is 0.255 e. The topological polar surface area (TPSA) is 38.9 Å². The fraction of sp³-hybridized carbons (Fsp3) is 0.0909. The maximum absolute atomic E-state index is 5.42. The van der Waals surface area contributed by atoms with Crippen LogP contribution in [0.5, 0.6) is 0 Å². The van der Waals surface area contributed by atoms with E-state index in [0.29, 0.717) is 11.8 Å². The number of nitrogens with zero attached hydrogens (tertiary/aromatic N) is 2. The fourth-order valence-corrected chi connectivity index (χ4v) is 1.63. The van der Waals surface area contributed by atoms with Crippen molar-refractivity contribution in [2.75, 3.05) is 0 Å². The van der Waals surface area contributed by atoms with Gasteiger partial charge in [-0.3, -0.25) is 0 Å².